The standard InChI is InChI=1S/C15H20N6O/c1-19(2)10-5-6-12(11(16)9-10)18-13-14(17)20-7-3-4-8-21(20)15(13)22/h5-6,9H,3-4,7-8H2,1-2H3,(H3,16,17,22)/p+1. The molecule has 1 aliphatic heterocycles. The number of hydrogen-bond acceptors (Lipinski definition) is 4. The minimum absolute atomic E-state index is 0.145. The molecule has 0 radical (unpaired) electrons. The van der Waals surface area contributed by atoms with E-state index in [4.69, 9.17) is 11.5 Å². The highest BCUT2D eigenvalue weighted by atomic mass is 16.1. The van der Waals surface area contributed by atoms with Gasteiger partial charge in [-0.15, -0.1) is 0 Å². The predicted octanol–water partition coefficient (Wildman–Crippen LogP) is 0.224. The Morgan fingerprint density at radius 2 is 1.82 bits per heavy atom. The zero-order valence-electron chi connectivity index (χ0n) is 12.9. The van der Waals surface area contributed by atoms with Crippen LogP contribution in [0, 0.1) is 0 Å². The van der Waals surface area contributed by atoms with E-state index >= 15 is 0 Å². The molecule has 2 aliphatic rings. The first-order valence-corrected chi connectivity index (χ1v) is 7.36. The van der Waals surface area contributed by atoms with Crippen molar-refractivity contribution in [3.8, 4) is 0 Å². The van der Waals surface area contributed by atoms with Gasteiger partial charge in [0.25, 0.3) is 5.56 Å². The summed E-state index contributed by atoms with van der Waals surface area (Å²) in [5.74, 6) is 0.417. The van der Waals surface area contributed by atoms with Crippen LogP contribution in [-0.4, -0.2) is 39.5 Å². The van der Waals surface area contributed by atoms with E-state index in [9.17, 15) is 4.79 Å². The van der Waals surface area contributed by atoms with Crippen LogP contribution in [0.4, 0.5) is 11.5 Å². The van der Waals surface area contributed by atoms with Crippen LogP contribution in [0.25, 0.3) is 0 Å². The zero-order chi connectivity index (χ0) is 15.9. The predicted molar refractivity (Wildman–Crippen MR) is 88.0 cm³/mol. The summed E-state index contributed by atoms with van der Waals surface area (Å²) in [5.41, 5.74) is 14.4. The lowest BCUT2D eigenvalue weighted by Crippen LogP contribution is -2.27. The largest absolute Gasteiger partial charge is 0.397 e. The fraction of sp³-hybridized carbons (Fsp3) is 0.400. The van der Waals surface area contributed by atoms with E-state index in [0.717, 1.165) is 25.1 Å². The fourth-order valence-corrected chi connectivity index (χ4v) is 2.73. The average molecular weight is 301 g/mol. The third-order valence-electron chi connectivity index (χ3n) is 4.00. The lowest BCUT2D eigenvalue weighted by Gasteiger charge is -2.17. The van der Waals surface area contributed by atoms with Gasteiger partial charge in [0.1, 0.15) is 14.1 Å². The van der Waals surface area contributed by atoms with Crippen molar-refractivity contribution in [3.63, 3.8) is 0 Å². The van der Waals surface area contributed by atoms with Gasteiger partial charge in [0, 0.05) is 25.2 Å². The number of anilines is 1. The molecule has 0 atom stereocenters. The number of hydrogen-bond donors (Lipinski definition) is 2. The second-order valence-corrected chi connectivity index (χ2v) is 5.74. The third-order valence-corrected chi connectivity index (χ3v) is 4.00. The smallest absolute Gasteiger partial charge is 0.294 e. The molecule has 7 heteroatoms. The molecule has 0 spiro atoms. The van der Waals surface area contributed by atoms with Gasteiger partial charge in [0.05, 0.1) is 11.4 Å². The van der Waals surface area contributed by atoms with Gasteiger partial charge in [0.15, 0.2) is 11.5 Å². The number of aliphatic imine (C=N–C) groups is 1. The van der Waals surface area contributed by atoms with Gasteiger partial charge < -0.3 is 11.5 Å². The van der Waals surface area contributed by atoms with Gasteiger partial charge in [-0.05, 0) is 18.9 Å². The highest BCUT2D eigenvalue weighted by Crippen LogP contribution is 2.23. The molecular formula is C15H21N6O+. The van der Waals surface area contributed by atoms with Crippen molar-refractivity contribution >= 4 is 22.9 Å². The van der Waals surface area contributed by atoms with E-state index in [-0.39, 0.29) is 11.2 Å². The van der Waals surface area contributed by atoms with Crippen molar-refractivity contribution < 1.29 is 4.58 Å². The Labute approximate surface area is 128 Å². The third kappa shape index (κ3) is 2.28. The Kier molecular flexibility index (Phi) is 3.48. The highest BCUT2D eigenvalue weighted by Gasteiger charge is 2.21. The van der Waals surface area contributed by atoms with Crippen LogP contribution in [-0.2, 0) is 13.1 Å². The van der Waals surface area contributed by atoms with E-state index in [1.165, 1.54) is 0 Å². The zero-order valence-corrected chi connectivity index (χ0v) is 12.9. The lowest BCUT2D eigenvalue weighted by atomic mass is 10.1. The number of allylic oxidation sites excluding steroid dienone is 3. The second kappa shape index (κ2) is 5.32. The molecule has 0 saturated carbocycles. The van der Waals surface area contributed by atoms with Gasteiger partial charge in [-0.25, -0.2) is 14.2 Å². The van der Waals surface area contributed by atoms with Crippen LogP contribution in [0.3, 0.4) is 0 Å². The molecule has 2 heterocycles. The topological polar surface area (TPSA) is 94.3 Å². The quantitative estimate of drug-likeness (QED) is 0.574. The number of aromatic nitrogens is 2. The van der Waals surface area contributed by atoms with E-state index in [1.54, 1.807) is 4.68 Å². The summed E-state index contributed by atoms with van der Waals surface area (Å²) in [7, 11) is 3.88. The van der Waals surface area contributed by atoms with Crippen molar-refractivity contribution in [2.75, 3.05) is 19.8 Å². The monoisotopic (exact) mass is 301 g/mol. The van der Waals surface area contributed by atoms with Crippen molar-refractivity contribution in [3.05, 3.63) is 34.3 Å². The second-order valence-electron chi connectivity index (χ2n) is 5.74. The van der Waals surface area contributed by atoms with Crippen LogP contribution in [0.2, 0.25) is 0 Å². The Balaban J connectivity index is 2.06. The van der Waals surface area contributed by atoms with Crippen molar-refractivity contribution in [2.45, 2.75) is 25.9 Å². The molecule has 0 saturated heterocycles. The number of nitrogens with zero attached hydrogens (tertiary/aromatic N) is 4. The normalized spacial score (nSPS) is 19.3. The Morgan fingerprint density at radius 3 is 2.41 bits per heavy atom. The highest BCUT2D eigenvalue weighted by molar-refractivity contribution is 6.20. The number of rotatable bonds is 1. The number of fused-ring (bicyclic) bond motifs is 1. The first-order valence-electron chi connectivity index (χ1n) is 7.36. The van der Waals surface area contributed by atoms with Crippen molar-refractivity contribution in [1.29, 1.82) is 0 Å². The molecule has 4 N–H and O–H groups in total. The summed E-state index contributed by atoms with van der Waals surface area (Å²) in [6, 6.07) is 0. The lowest BCUT2D eigenvalue weighted by molar-refractivity contribution is -0.462. The number of nitrogens with two attached hydrogens (primary N) is 2. The summed E-state index contributed by atoms with van der Waals surface area (Å²) in [6.07, 6.45) is 7.58. The molecule has 3 rings (SSSR count). The van der Waals surface area contributed by atoms with E-state index in [2.05, 4.69) is 4.99 Å². The Bertz CT molecular complexity index is 799. The van der Waals surface area contributed by atoms with Crippen molar-refractivity contribution in [1.82, 2.24) is 9.36 Å². The summed E-state index contributed by atoms with van der Waals surface area (Å²) >= 11 is 0. The molecule has 1 aromatic heterocycles. The van der Waals surface area contributed by atoms with E-state index in [0.29, 0.717) is 23.8 Å². The van der Waals surface area contributed by atoms with Crippen LogP contribution < -0.4 is 17.0 Å². The molecule has 1 aromatic rings. The first-order chi connectivity index (χ1) is 10.5. The van der Waals surface area contributed by atoms with Gasteiger partial charge in [-0.3, -0.25) is 9.48 Å². The summed E-state index contributed by atoms with van der Waals surface area (Å²) in [5, 5.41) is 0. The maximum Gasteiger partial charge on any atom is 0.294 e. The maximum atomic E-state index is 12.4. The molecule has 0 aromatic carbocycles. The Hall–Kier alpha value is -2.57. The van der Waals surface area contributed by atoms with Crippen molar-refractivity contribution in [2.24, 2.45) is 10.7 Å². The summed E-state index contributed by atoms with van der Waals surface area (Å²) in [6.45, 7) is 1.44. The molecule has 0 unspecified atom stereocenters. The Morgan fingerprint density at radius 1 is 1.14 bits per heavy atom. The molecule has 0 bridgehead atoms. The molecule has 0 amide bonds. The van der Waals surface area contributed by atoms with Gasteiger partial charge in [-0.2, -0.15) is 0 Å². The molecular weight excluding hydrogens is 280 g/mol. The molecule has 0 fully saturated rings. The maximum absolute atomic E-state index is 12.4. The van der Waals surface area contributed by atoms with E-state index in [1.807, 2.05) is 41.6 Å². The van der Waals surface area contributed by atoms with Gasteiger partial charge in [-0.1, -0.05) is 0 Å². The first kappa shape index (κ1) is 14.4. The summed E-state index contributed by atoms with van der Waals surface area (Å²) in [4.78, 5) is 16.9. The molecule has 1 aliphatic carbocycles. The van der Waals surface area contributed by atoms with Gasteiger partial charge in [0.2, 0.25) is 5.71 Å². The average Bonchev–Trinajstić information content (AvgIpc) is 2.74. The SMILES string of the molecule is C[N+](C)=C1C=C/C(=N\c2c(N)n3n(c2=O)CCCC3)C(N)=C1. The fourth-order valence-electron chi connectivity index (χ4n) is 2.73. The minimum Gasteiger partial charge on any atom is -0.397 e. The van der Waals surface area contributed by atoms with Gasteiger partial charge >= 0.3 is 0 Å². The summed E-state index contributed by atoms with van der Waals surface area (Å²) < 4.78 is 5.44. The van der Waals surface area contributed by atoms with Crippen LogP contribution in [0.1, 0.15) is 12.8 Å². The molecule has 116 valence electrons. The van der Waals surface area contributed by atoms with Crippen LogP contribution >= 0.6 is 0 Å². The van der Waals surface area contributed by atoms with Crippen LogP contribution in [0.5, 0.6) is 0 Å². The number of nitrogen functional groups attached to an aromatic ring is 1. The minimum atomic E-state index is -0.145. The molecule has 22 heavy (non-hydrogen) atoms. The van der Waals surface area contributed by atoms with Crippen LogP contribution in [0.15, 0.2) is 33.7 Å². The molecule has 7 nitrogen and oxygen atoms in total. The van der Waals surface area contributed by atoms with E-state index < -0.39 is 0 Å².